The molecule has 0 amide bonds. The average molecular weight is 427 g/mol. The predicted octanol–water partition coefficient (Wildman–Crippen LogP) is 5.86. The van der Waals surface area contributed by atoms with E-state index in [1.54, 1.807) is 0 Å². The Morgan fingerprint density at radius 2 is 0.885 bits per heavy atom. The Labute approximate surface area is 176 Å². The molecule has 0 aromatic heterocycles. The van der Waals surface area contributed by atoms with Gasteiger partial charge in [-0.25, -0.2) is 0 Å². The minimum absolute atomic E-state index is 0. The van der Waals surface area contributed by atoms with E-state index in [9.17, 15) is 0 Å². The summed E-state index contributed by atoms with van der Waals surface area (Å²) in [7, 11) is -1.00. The first-order valence-electron chi connectivity index (χ1n) is 8.70. The van der Waals surface area contributed by atoms with Crippen LogP contribution in [-0.4, -0.2) is 0 Å². The maximum absolute atomic E-state index is 5.06. The van der Waals surface area contributed by atoms with Crippen molar-refractivity contribution in [3.8, 4) is 0 Å². The molecule has 0 nitrogen and oxygen atoms in total. The van der Waals surface area contributed by atoms with Crippen LogP contribution in [0, 0.1) is 48.0 Å². The first-order chi connectivity index (χ1) is 11.8. The molecule has 0 bridgehead atoms. The van der Waals surface area contributed by atoms with Crippen LogP contribution in [0.4, 0.5) is 0 Å². The van der Waals surface area contributed by atoms with Gasteiger partial charge < -0.3 is 0 Å². The van der Waals surface area contributed by atoms with Crippen molar-refractivity contribution in [3.05, 3.63) is 88.4 Å². The molecule has 0 saturated heterocycles. The van der Waals surface area contributed by atoms with Gasteiger partial charge in [0.15, 0.2) is 0 Å². The summed E-state index contributed by atoms with van der Waals surface area (Å²) in [4.78, 5) is 0. The van der Waals surface area contributed by atoms with E-state index < -0.39 is 7.12 Å². The number of rotatable bonds is 2. The molecule has 3 rings (SSSR count). The monoisotopic (exact) mass is 426 g/mol. The van der Waals surface area contributed by atoms with E-state index in [1.165, 1.54) is 44.0 Å². The van der Waals surface area contributed by atoms with Crippen LogP contribution in [0.25, 0.3) is 0 Å². The van der Waals surface area contributed by atoms with E-state index in [0.717, 1.165) is 0 Å². The maximum atomic E-state index is 5.06. The Bertz CT molecular complexity index is 707. The van der Waals surface area contributed by atoms with Crippen LogP contribution >= 0.6 is 19.4 Å². The van der Waals surface area contributed by atoms with E-state index in [0.29, 0.717) is 0 Å². The maximum Gasteiger partial charge on any atom is 0.123 e. The first-order valence-corrected chi connectivity index (χ1v) is 11.5. The molecule has 1 aliphatic rings. The van der Waals surface area contributed by atoms with Crippen molar-refractivity contribution in [3.63, 3.8) is 0 Å². The van der Waals surface area contributed by atoms with Gasteiger partial charge in [0.2, 0.25) is 0 Å². The van der Waals surface area contributed by atoms with Gasteiger partial charge in [0.1, 0.15) is 17.7 Å². The summed E-state index contributed by atoms with van der Waals surface area (Å²) in [5.41, 5.74) is 8.20. The molecular formula is C23H29NiPS+. The Morgan fingerprint density at radius 3 is 1.12 bits per heavy atom. The standard InChI is InChI=1S/C18H23PS.C5H5.Ni/c1-11-7-13(3)17(14(4)8-11)19(20)18-15(5)9-12(2)10-16(18)6;1-2-4-5-3-1;/h7-10,20H,1-6H3;1-5H;/p+1. The number of aryl methyl sites for hydroxylation is 6. The molecule has 0 aliphatic heterocycles. The van der Waals surface area contributed by atoms with Crippen molar-refractivity contribution in [2.24, 2.45) is 0 Å². The molecule has 141 valence electrons. The Balaban J connectivity index is 0.000000486. The zero-order chi connectivity index (χ0) is 18.6. The van der Waals surface area contributed by atoms with E-state index >= 15 is 0 Å². The summed E-state index contributed by atoms with van der Waals surface area (Å²) < 4.78 is 0. The normalized spacial score (nSPS) is 12.0. The molecule has 3 heteroatoms. The molecule has 0 N–H and O–H groups in total. The van der Waals surface area contributed by atoms with Crippen molar-refractivity contribution >= 4 is 30.0 Å². The van der Waals surface area contributed by atoms with Gasteiger partial charge in [0.05, 0.1) is 0 Å². The second-order valence-corrected chi connectivity index (χ2v) is 9.90. The number of hydrogen-bond acceptors (Lipinski definition) is 1. The zero-order valence-corrected chi connectivity index (χ0v) is 19.3. The first kappa shape index (κ1) is 23.2. The zero-order valence-electron chi connectivity index (χ0n) is 16.5. The minimum atomic E-state index is -1.00. The Kier molecular flexibility index (Phi) is 9.39. The largest absolute Gasteiger partial charge is 0.123 e. The van der Waals surface area contributed by atoms with Gasteiger partial charge in [-0.3, -0.25) is 0 Å². The van der Waals surface area contributed by atoms with Crippen molar-refractivity contribution in [2.75, 3.05) is 0 Å². The van der Waals surface area contributed by atoms with Crippen molar-refractivity contribution < 1.29 is 16.5 Å². The second kappa shape index (κ2) is 10.5. The summed E-state index contributed by atoms with van der Waals surface area (Å²) in [5, 5.41) is 2.91. The van der Waals surface area contributed by atoms with Crippen LogP contribution in [0.5, 0.6) is 0 Å². The van der Waals surface area contributed by atoms with Crippen LogP contribution in [0.2, 0.25) is 0 Å². The molecule has 1 radical (unpaired) electrons. The fraction of sp³-hybridized carbons (Fsp3) is 0.261. The summed E-state index contributed by atoms with van der Waals surface area (Å²) >= 11 is 5.06. The topological polar surface area (TPSA) is 0 Å². The van der Waals surface area contributed by atoms with Crippen LogP contribution in [0.3, 0.4) is 0 Å². The van der Waals surface area contributed by atoms with Crippen LogP contribution in [0.15, 0.2) is 48.6 Å². The number of hydrogen-bond donors (Lipinski definition) is 1. The smallest absolute Gasteiger partial charge is 0.0767 e. The van der Waals surface area contributed by atoms with E-state index in [1.807, 2.05) is 30.7 Å². The third kappa shape index (κ3) is 5.85. The molecule has 0 heterocycles. The van der Waals surface area contributed by atoms with E-state index in [4.69, 9.17) is 12.2 Å². The molecule has 0 spiro atoms. The summed E-state index contributed by atoms with van der Waals surface area (Å²) in [6, 6.07) is 9.12. The number of allylic oxidation sites excluding steroid dienone is 4. The molecule has 26 heavy (non-hydrogen) atoms. The third-order valence-corrected chi connectivity index (χ3v) is 8.25. The number of benzene rings is 2. The third-order valence-electron chi connectivity index (χ3n) is 4.38. The van der Waals surface area contributed by atoms with Gasteiger partial charge >= 0.3 is 0 Å². The van der Waals surface area contributed by atoms with Crippen LogP contribution in [-0.2, 0) is 16.5 Å². The molecule has 1 aliphatic carbocycles. The number of thiol groups is 1. The second-order valence-electron chi connectivity index (χ2n) is 6.86. The Morgan fingerprint density at radius 1 is 0.577 bits per heavy atom. The quantitative estimate of drug-likeness (QED) is 0.347. The fourth-order valence-corrected chi connectivity index (χ4v) is 7.70. The van der Waals surface area contributed by atoms with Crippen molar-refractivity contribution in [1.82, 2.24) is 0 Å². The average Bonchev–Trinajstić information content (AvgIpc) is 3.04. The van der Waals surface area contributed by atoms with E-state index in [-0.39, 0.29) is 16.5 Å². The summed E-state index contributed by atoms with van der Waals surface area (Å²) in [5.74, 6) is 0. The summed E-state index contributed by atoms with van der Waals surface area (Å²) in [6.45, 7) is 13.2. The Hall–Kier alpha value is -0.806. The molecule has 0 saturated carbocycles. The van der Waals surface area contributed by atoms with Gasteiger partial charge in [-0.05, 0) is 63.8 Å². The van der Waals surface area contributed by atoms with Gasteiger partial charge in [-0.1, -0.05) is 59.7 Å². The molecule has 0 unspecified atom stereocenters. The van der Waals surface area contributed by atoms with Crippen molar-refractivity contribution in [2.45, 2.75) is 41.5 Å². The summed E-state index contributed by atoms with van der Waals surface area (Å²) in [6.07, 6.45) is 10.0. The van der Waals surface area contributed by atoms with Crippen LogP contribution < -0.4 is 10.6 Å². The SMILES string of the molecule is Cc1cc(C)c([PH+](S)c2c(C)cc(C)cc2C)c(C)c1.[CH]1C=CC=C1.[Ni]. The minimum Gasteiger partial charge on any atom is -0.0767 e. The molecule has 2 aromatic rings. The molecule has 0 atom stereocenters. The van der Waals surface area contributed by atoms with Gasteiger partial charge in [-0.15, -0.1) is 0 Å². The fourth-order valence-electron chi connectivity index (χ4n) is 3.55. The molecular weight excluding hydrogens is 398 g/mol. The van der Waals surface area contributed by atoms with Gasteiger partial charge in [0, 0.05) is 35.2 Å². The van der Waals surface area contributed by atoms with Gasteiger partial charge in [0.25, 0.3) is 0 Å². The predicted molar refractivity (Wildman–Crippen MR) is 120 cm³/mol. The van der Waals surface area contributed by atoms with Crippen molar-refractivity contribution in [1.29, 1.82) is 0 Å². The van der Waals surface area contributed by atoms with E-state index in [2.05, 4.69) is 65.8 Å². The van der Waals surface area contributed by atoms with Crippen LogP contribution in [0.1, 0.15) is 33.4 Å². The molecule has 0 fully saturated rings. The van der Waals surface area contributed by atoms with Gasteiger partial charge in [-0.2, -0.15) is 0 Å². The molecule has 2 aromatic carbocycles.